The van der Waals surface area contributed by atoms with E-state index in [1.165, 1.54) is 24.1 Å². The number of aliphatic hydroxyl groups excluding tert-OH is 1. The van der Waals surface area contributed by atoms with Crippen LogP contribution in [0.3, 0.4) is 0 Å². The Balaban J connectivity index is 1.92. The van der Waals surface area contributed by atoms with E-state index in [1.807, 2.05) is 50.2 Å². The maximum absolute atomic E-state index is 13.5. The molecule has 1 aliphatic rings. The van der Waals surface area contributed by atoms with Crippen LogP contribution in [0.1, 0.15) is 30.5 Å². The van der Waals surface area contributed by atoms with Crippen LogP contribution in [-0.2, 0) is 9.59 Å². The lowest BCUT2D eigenvalue weighted by Crippen LogP contribution is -2.29. The van der Waals surface area contributed by atoms with Crippen LogP contribution in [0.15, 0.2) is 66.2 Å². The third-order valence-corrected chi connectivity index (χ3v) is 6.78. The van der Waals surface area contributed by atoms with Gasteiger partial charge < -0.3 is 19.5 Å². The Morgan fingerprint density at radius 3 is 2.26 bits per heavy atom. The van der Waals surface area contributed by atoms with Crippen LogP contribution in [0.5, 0.6) is 11.5 Å². The van der Waals surface area contributed by atoms with E-state index in [4.69, 9.17) is 32.7 Å². The first kappa shape index (κ1) is 27.4. The van der Waals surface area contributed by atoms with Crippen LogP contribution in [0, 0.1) is 0 Å². The summed E-state index contributed by atoms with van der Waals surface area (Å²) < 4.78 is 11.0. The van der Waals surface area contributed by atoms with Gasteiger partial charge in [0.1, 0.15) is 11.5 Å². The number of aliphatic hydroxyl groups is 1. The van der Waals surface area contributed by atoms with Crippen molar-refractivity contribution in [2.75, 3.05) is 37.6 Å². The normalized spacial score (nSPS) is 16.6. The highest BCUT2D eigenvalue weighted by atomic mass is 35.5. The Hall–Kier alpha value is -3.68. The standard InChI is InChI=1S/C29H28Cl2N2O5/c1-5-13-38-21-8-6-7-20(16-21)33-25(17-9-11-19(12-10-17)32(2)3)24(27(35)29(33)36)26(34)18-14-22(30)28(37-4)23(31)15-18/h6-12,14-16,25,34H,5,13H2,1-4H3/b26-24+. The summed E-state index contributed by atoms with van der Waals surface area (Å²) in [6, 6.07) is 16.4. The first-order chi connectivity index (χ1) is 18.2. The maximum Gasteiger partial charge on any atom is 0.300 e. The maximum atomic E-state index is 13.5. The summed E-state index contributed by atoms with van der Waals surface area (Å²) in [5, 5.41) is 11.7. The number of carbonyl (C=O) groups is 2. The van der Waals surface area contributed by atoms with Crippen molar-refractivity contribution >= 4 is 52.0 Å². The number of carbonyl (C=O) groups excluding carboxylic acids is 2. The van der Waals surface area contributed by atoms with Gasteiger partial charge in [0.25, 0.3) is 11.7 Å². The number of ether oxygens (including phenoxy) is 2. The molecule has 1 heterocycles. The summed E-state index contributed by atoms with van der Waals surface area (Å²) in [4.78, 5) is 30.3. The van der Waals surface area contributed by atoms with Gasteiger partial charge in [-0.05, 0) is 48.4 Å². The number of Topliss-reactive ketones (excluding diaryl/α,β-unsaturated/α-hetero) is 1. The Morgan fingerprint density at radius 2 is 1.68 bits per heavy atom. The van der Waals surface area contributed by atoms with Gasteiger partial charge >= 0.3 is 0 Å². The van der Waals surface area contributed by atoms with Crippen molar-refractivity contribution in [3.63, 3.8) is 0 Å². The third-order valence-electron chi connectivity index (χ3n) is 6.21. The van der Waals surface area contributed by atoms with Crippen LogP contribution in [0.2, 0.25) is 10.0 Å². The van der Waals surface area contributed by atoms with E-state index in [-0.39, 0.29) is 26.9 Å². The molecule has 0 aromatic heterocycles. The highest BCUT2D eigenvalue weighted by Crippen LogP contribution is 2.44. The molecule has 1 amide bonds. The zero-order chi connectivity index (χ0) is 27.6. The number of amides is 1. The van der Waals surface area contributed by atoms with Gasteiger partial charge in [0, 0.05) is 37.1 Å². The Morgan fingerprint density at radius 1 is 1.03 bits per heavy atom. The molecule has 198 valence electrons. The van der Waals surface area contributed by atoms with Gasteiger partial charge in [-0.15, -0.1) is 0 Å². The van der Waals surface area contributed by atoms with E-state index in [0.717, 1.165) is 12.1 Å². The lowest BCUT2D eigenvalue weighted by Gasteiger charge is -2.26. The van der Waals surface area contributed by atoms with Gasteiger partial charge in [0.2, 0.25) is 0 Å². The molecule has 1 aliphatic heterocycles. The molecule has 4 rings (SSSR count). The van der Waals surface area contributed by atoms with Crippen molar-refractivity contribution in [2.45, 2.75) is 19.4 Å². The molecule has 0 saturated carbocycles. The van der Waals surface area contributed by atoms with Gasteiger partial charge in [-0.2, -0.15) is 0 Å². The number of nitrogens with zero attached hydrogens (tertiary/aromatic N) is 2. The van der Waals surface area contributed by atoms with Crippen molar-refractivity contribution in [3.8, 4) is 11.5 Å². The average molecular weight is 555 g/mol. The number of halogens is 2. The molecule has 0 bridgehead atoms. The number of methoxy groups -OCH3 is 1. The van der Waals surface area contributed by atoms with Gasteiger partial charge in [0.05, 0.1) is 35.4 Å². The number of rotatable bonds is 8. The van der Waals surface area contributed by atoms with Crippen LogP contribution < -0.4 is 19.3 Å². The SMILES string of the molecule is CCCOc1cccc(N2C(=O)C(=O)/C(=C(/O)c3cc(Cl)c(OC)c(Cl)c3)C2c2ccc(N(C)C)cc2)c1. The lowest BCUT2D eigenvalue weighted by atomic mass is 9.94. The number of hydrogen-bond acceptors (Lipinski definition) is 6. The lowest BCUT2D eigenvalue weighted by molar-refractivity contribution is -0.132. The second-order valence-corrected chi connectivity index (χ2v) is 9.79. The molecule has 3 aromatic carbocycles. The molecule has 38 heavy (non-hydrogen) atoms. The predicted molar refractivity (Wildman–Crippen MR) is 151 cm³/mol. The fraction of sp³-hybridized carbons (Fsp3) is 0.241. The van der Waals surface area contributed by atoms with E-state index in [0.29, 0.717) is 23.6 Å². The third kappa shape index (κ3) is 5.17. The minimum Gasteiger partial charge on any atom is -0.507 e. The molecule has 1 N–H and O–H groups in total. The van der Waals surface area contributed by atoms with Crippen molar-refractivity contribution in [3.05, 3.63) is 87.4 Å². The van der Waals surface area contributed by atoms with Gasteiger partial charge in [0.15, 0.2) is 5.75 Å². The van der Waals surface area contributed by atoms with E-state index in [1.54, 1.807) is 24.3 Å². The molecule has 1 saturated heterocycles. The zero-order valence-electron chi connectivity index (χ0n) is 21.5. The predicted octanol–water partition coefficient (Wildman–Crippen LogP) is 6.48. The van der Waals surface area contributed by atoms with Gasteiger partial charge in [-0.25, -0.2) is 0 Å². The quantitative estimate of drug-likeness (QED) is 0.195. The summed E-state index contributed by atoms with van der Waals surface area (Å²) in [5.41, 5.74) is 2.15. The van der Waals surface area contributed by atoms with Crippen molar-refractivity contribution in [1.29, 1.82) is 0 Å². The monoisotopic (exact) mass is 554 g/mol. The highest BCUT2D eigenvalue weighted by molar-refractivity contribution is 6.51. The Kier molecular flexibility index (Phi) is 8.19. The van der Waals surface area contributed by atoms with Gasteiger partial charge in [-0.3, -0.25) is 14.5 Å². The summed E-state index contributed by atoms with van der Waals surface area (Å²) in [6.45, 7) is 2.51. The van der Waals surface area contributed by atoms with E-state index in [9.17, 15) is 14.7 Å². The zero-order valence-corrected chi connectivity index (χ0v) is 23.0. The first-order valence-electron chi connectivity index (χ1n) is 12.0. The molecule has 1 unspecified atom stereocenters. The molecule has 9 heteroatoms. The number of hydrogen-bond donors (Lipinski definition) is 1. The average Bonchev–Trinajstić information content (AvgIpc) is 3.17. The molecule has 0 aliphatic carbocycles. The van der Waals surface area contributed by atoms with Crippen LogP contribution in [0.4, 0.5) is 11.4 Å². The van der Waals surface area contributed by atoms with Gasteiger partial charge in [-0.1, -0.05) is 48.3 Å². The minimum atomic E-state index is -0.910. The highest BCUT2D eigenvalue weighted by Gasteiger charge is 2.47. The summed E-state index contributed by atoms with van der Waals surface area (Å²) in [6.07, 6.45) is 0.819. The van der Waals surface area contributed by atoms with Crippen LogP contribution >= 0.6 is 23.2 Å². The number of ketones is 1. The molecular weight excluding hydrogens is 527 g/mol. The molecule has 0 radical (unpaired) electrons. The Labute approximate surface area is 231 Å². The van der Waals surface area contributed by atoms with E-state index >= 15 is 0 Å². The second kappa shape index (κ2) is 11.4. The molecule has 7 nitrogen and oxygen atoms in total. The first-order valence-corrected chi connectivity index (χ1v) is 12.8. The van der Waals surface area contributed by atoms with E-state index in [2.05, 4.69) is 0 Å². The molecule has 0 spiro atoms. The summed E-state index contributed by atoms with van der Waals surface area (Å²) >= 11 is 12.6. The fourth-order valence-corrected chi connectivity index (χ4v) is 5.00. The molecule has 1 fully saturated rings. The van der Waals surface area contributed by atoms with Crippen LogP contribution in [0.25, 0.3) is 5.76 Å². The van der Waals surface area contributed by atoms with Crippen molar-refractivity contribution in [2.24, 2.45) is 0 Å². The smallest absolute Gasteiger partial charge is 0.300 e. The molecular formula is C29H28Cl2N2O5. The largest absolute Gasteiger partial charge is 0.507 e. The molecule has 3 aromatic rings. The number of benzene rings is 3. The molecule has 1 atom stereocenters. The summed E-state index contributed by atoms with van der Waals surface area (Å²) in [5.74, 6) is -1.18. The summed E-state index contributed by atoms with van der Waals surface area (Å²) in [7, 11) is 5.26. The second-order valence-electron chi connectivity index (χ2n) is 8.97. The van der Waals surface area contributed by atoms with E-state index < -0.39 is 23.5 Å². The Bertz CT molecular complexity index is 1380. The topological polar surface area (TPSA) is 79.3 Å². The fourth-order valence-electron chi connectivity index (χ4n) is 4.36. The van der Waals surface area contributed by atoms with Crippen molar-refractivity contribution < 1.29 is 24.2 Å². The number of anilines is 2. The van der Waals surface area contributed by atoms with Crippen LogP contribution in [-0.4, -0.2) is 44.6 Å². The minimum absolute atomic E-state index is 0.0789. The van der Waals surface area contributed by atoms with Crippen molar-refractivity contribution in [1.82, 2.24) is 0 Å².